The van der Waals surface area contributed by atoms with Gasteiger partial charge in [0.2, 0.25) is 0 Å². The molecule has 0 radical (unpaired) electrons. The first-order valence-electron chi connectivity index (χ1n) is 8.07. The Kier molecular flexibility index (Phi) is 5.61. The van der Waals surface area contributed by atoms with Crippen molar-refractivity contribution in [2.75, 3.05) is 6.61 Å². The molecule has 1 aromatic rings. The van der Waals surface area contributed by atoms with E-state index in [-0.39, 0.29) is 5.54 Å². The fourth-order valence-corrected chi connectivity index (χ4v) is 3.08. The third kappa shape index (κ3) is 4.06. The maximum absolute atomic E-state index is 6.37. The third-order valence-corrected chi connectivity index (χ3v) is 4.47. The van der Waals surface area contributed by atoms with E-state index in [0.29, 0.717) is 19.3 Å². The van der Waals surface area contributed by atoms with Crippen molar-refractivity contribution in [3.8, 4) is 0 Å². The third-order valence-electron chi connectivity index (χ3n) is 4.47. The summed E-state index contributed by atoms with van der Waals surface area (Å²) in [5.41, 5.74) is 7.28. The van der Waals surface area contributed by atoms with Gasteiger partial charge in [0.05, 0.1) is 24.9 Å². The zero-order valence-electron chi connectivity index (χ0n) is 13.0. The molecule has 0 amide bonds. The summed E-state index contributed by atoms with van der Waals surface area (Å²) in [7, 11) is 0. The summed E-state index contributed by atoms with van der Waals surface area (Å²) < 4.78 is 7.89. The van der Waals surface area contributed by atoms with E-state index >= 15 is 0 Å². The zero-order valence-corrected chi connectivity index (χ0v) is 13.0. The van der Waals surface area contributed by atoms with Crippen LogP contribution in [0.25, 0.3) is 0 Å². The molecule has 2 N–H and O–H groups in total. The highest BCUT2D eigenvalue weighted by atomic mass is 16.5. The minimum Gasteiger partial charge on any atom is -0.373 e. The maximum Gasteiger partial charge on any atom is 0.0907 e. The van der Waals surface area contributed by atoms with Crippen LogP contribution in [-0.2, 0) is 11.3 Å². The zero-order chi connectivity index (χ0) is 14.4. The van der Waals surface area contributed by atoms with Gasteiger partial charge in [-0.3, -0.25) is 4.68 Å². The predicted octanol–water partition coefficient (Wildman–Crippen LogP) is 3.42. The molecular formula is C16H29N3O. The van der Waals surface area contributed by atoms with Crippen LogP contribution in [0, 0.1) is 0 Å². The van der Waals surface area contributed by atoms with E-state index in [4.69, 9.17) is 10.5 Å². The first-order chi connectivity index (χ1) is 9.67. The van der Waals surface area contributed by atoms with Crippen molar-refractivity contribution >= 4 is 0 Å². The molecule has 0 unspecified atom stereocenters. The highest BCUT2D eigenvalue weighted by molar-refractivity contribution is 4.98. The molecule has 1 aromatic heterocycles. The molecule has 0 aromatic carbocycles. The maximum atomic E-state index is 6.37. The van der Waals surface area contributed by atoms with Gasteiger partial charge in [-0.05, 0) is 31.7 Å². The smallest absolute Gasteiger partial charge is 0.0907 e. The van der Waals surface area contributed by atoms with Gasteiger partial charge in [0, 0.05) is 11.7 Å². The molecule has 114 valence electrons. The largest absolute Gasteiger partial charge is 0.373 e. The van der Waals surface area contributed by atoms with Crippen molar-refractivity contribution in [2.24, 2.45) is 5.73 Å². The van der Waals surface area contributed by atoms with Crippen molar-refractivity contribution in [1.82, 2.24) is 9.78 Å². The van der Waals surface area contributed by atoms with Crippen molar-refractivity contribution in [3.63, 3.8) is 0 Å². The van der Waals surface area contributed by atoms with Crippen molar-refractivity contribution < 1.29 is 4.74 Å². The highest BCUT2D eigenvalue weighted by Gasteiger charge is 2.27. The molecule has 0 spiro atoms. The molecule has 4 nitrogen and oxygen atoms in total. The summed E-state index contributed by atoms with van der Waals surface area (Å²) in [6, 6.07) is 2.56. The van der Waals surface area contributed by atoms with Crippen LogP contribution in [-0.4, -0.2) is 21.9 Å². The van der Waals surface area contributed by atoms with Crippen LogP contribution < -0.4 is 5.73 Å². The van der Waals surface area contributed by atoms with E-state index in [1.54, 1.807) is 0 Å². The van der Waals surface area contributed by atoms with Crippen molar-refractivity contribution in [2.45, 2.75) is 77.0 Å². The number of aromatic nitrogens is 2. The van der Waals surface area contributed by atoms with Gasteiger partial charge < -0.3 is 10.5 Å². The lowest BCUT2D eigenvalue weighted by Gasteiger charge is -2.32. The number of ether oxygens (including phenoxy) is 1. The molecule has 2 rings (SSSR count). The van der Waals surface area contributed by atoms with Gasteiger partial charge in [-0.2, -0.15) is 5.10 Å². The molecule has 4 heteroatoms. The minimum absolute atomic E-state index is 0.101. The number of hydrogen-bond acceptors (Lipinski definition) is 3. The lowest BCUT2D eigenvalue weighted by molar-refractivity contribution is 0.0554. The van der Waals surface area contributed by atoms with E-state index < -0.39 is 0 Å². The first-order valence-corrected chi connectivity index (χ1v) is 8.07. The molecule has 1 aliphatic rings. The quantitative estimate of drug-likeness (QED) is 0.832. The van der Waals surface area contributed by atoms with Gasteiger partial charge in [0.15, 0.2) is 0 Å². The summed E-state index contributed by atoms with van der Waals surface area (Å²) in [4.78, 5) is 0. The van der Waals surface area contributed by atoms with E-state index in [0.717, 1.165) is 31.4 Å². The Balaban J connectivity index is 1.79. The first kappa shape index (κ1) is 15.5. The monoisotopic (exact) mass is 279 g/mol. The van der Waals surface area contributed by atoms with Crippen LogP contribution in [0.3, 0.4) is 0 Å². The van der Waals surface area contributed by atoms with Gasteiger partial charge in [-0.1, -0.05) is 33.1 Å². The fourth-order valence-electron chi connectivity index (χ4n) is 3.08. The van der Waals surface area contributed by atoms with Crippen LogP contribution in [0.5, 0.6) is 0 Å². The Bertz CT molecular complexity index is 392. The van der Waals surface area contributed by atoms with E-state index in [1.807, 2.05) is 0 Å². The topological polar surface area (TPSA) is 53.1 Å². The van der Waals surface area contributed by atoms with Crippen LogP contribution in [0.4, 0.5) is 0 Å². The minimum atomic E-state index is -0.101. The van der Waals surface area contributed by atoms with Gasteiger partial charge in [0.25, 0.3) is 0 Å². The lowest BCUT2D eigenvalue weighted by atomic mass is 9.83. The number of nitrogens with zero attached hydrogens (tertiary/aromatic N) is 2. The second-order valence-corrected chi connectivity index (χ2v) is 6.17. The van der Waals surface area contributed by atoms with Crippen LogP contribution in [0.15, 0.2) is 12.3 Å². The fraction of sp³-hybridized carbons (Fsp3) is 0.812. The Morgan fingerprint density at radius 1 is 1.30 bits per heavy atom. The number of rotatable bonds is 7. The Labute approximate surface area is 122 Å². The van der Waals surface area contributed by atoms with Gasteiger partial charge in [0.1, 0.15) is 0 Å². The molecule has 0 bridgehead atoms. The average molecular weight is 279 g/mol. The molecule has 1 heterocycles. The normalized spacial score (nSPS) is 18.6. The Morgan fingerprint density at radius 2 is 2.00 bits per heavy atom. The molecule has 0 aliphatic heterocycles. The van der Waals surface area contributed by atoms with Gasteiger partial charge in [-0.25, -0.2) is 0 Å². The second kappa shape index (κ2) is 7.23. The molecule has 1 saturated carbocycles. The summed E-state index contributed by atoms with van der Waals surface area (Å²) in [5.74, 6) is 0. The number of hydrogen-bond donors (Lipinski definition) is 1. The summed E-state index contributed by atoms with van der Waals surface area (Å²) in [5, 5.41) is 4.61. The van der Waals surface area contributed by atoms with Crippen molar-refractivity contribution in [3.05, 3.63) is 18.0 Å². The van der Waals surface area contributed by atoms with E-state index in [1.165, 1.54) is 19.3 Å². The SMILES string of the molecule is CCC(CC)n1ccc(COCC2(N)CCCCC2)n1. The molecule has 20 heavy (non-hydrogen) atoms. The van der Waals surface area contributed by atoms with Crippen LogP contribution in [0.1, 0.15) is 70.5 Å². The van der Waals surface area contributed by atoms with Crippen LogP contribution >= 0.6 is 0 Å². The standard InChI is InChI=1S/C16H29N3O/c1-3-15(4-2)19-11-8-14(18-19)12-20-13-16(17)9-6-5-7-10-16/h8,11,15H,3-7,9-10,12-13,17H2,1-2H3. The second-order valence-electron chi connectivity index (χ2n) is 6.17. The van der Waals surface area contributed by atoms with E-state index in [2.05, 4.69) is 35.9 Å². The van der Waals surface area contributed by atoms with E-state index in [9.17, 15) is 0 Å². The summed E-state index contributed by atoms with van der Waals surface area (Å²) in [6.45, 7) is 5.64. The molecule has 0 atom stereocenters. The summed E-state index contributed by atoms with van der Waals surface area (Å²) >= 11 is 0. The summed E-state index contributed by atoms with van der Waals surface area (Å²) in [6.07, 6.45) is 10.3. The highest BCUT2D eigenvalue weighted by Crippen LogP contribution is 2.26. The van der Waals surface area contributed by atoms with Gasteiger partial charge >= 0.3 is 0 Å². The lowest BCUT2D eigenvalue weighted by Crippen LogP contribution is -2.46. The molecule has 0 saturated heterocycles. The Hall–Kier alpha value is -0.870. The van der Waals surface area contributed by atoms with Crippen LogP contribution in [0.2, 0.25) is 0 Å². The van der Waals surface area contributed by atoms with Gasteiger partial charge in [-0.15, -0.1) is 0 Å². The predicted molar refractivity (Wildman–Crippen MR) is 81.5 cm³/mol. The average Bonchev–Trinajstić information content (AvgIpc) is 2.89. The van der Waals surface area contributed by atoms with Crippen molar-refractivity contribution in [1.29, 1.82) is 0 Å². The molecule has 1 aliphatic carbocycles. The molecule has 1 fully saturated rings. The number of nitrogens with two attached hydrogens (primary N) is 1. The Morgan fingerprint density at radius 3 is 2.65 bits per heavy atom. The molecular weight excluding hydrogens is 250 g/mol.